The van der Waals surface area contributed by atoms with E-state index in [1.807, 2.05) is 107 Å². The molecule has 14 heteroatoms. The molecule has 1 heterocycles. The Balaban J connectivity index is 1.82. The predicted octanol–water partition coefficient (Wildman–Crippen LogP) is 5.20. The van der Waals surface area contributed by atoms with Crippen LogP contribution in [0.4, 0.5) is 0 Å². The number of carbonyl (C=O) groups is 5. The number of ketones is 1. The molecule has 5 N–H and O–H groups in total. The second kappa shape index (κ2) is 25.6. The summed E-state index contributed by atoms with van der Waals surface area (Å²) in [7, 11) is 0. The Kier molecular flexibility index (Phi) is 21.7. The van der Waals surface area contributed by atoms with Gasteiger partial charge in [-0.1, -0.05) is 102 Å². The summed E-state index contributed by atoms with van der Waals surface area (Å²) in [6.45, 7) is 17.3. The van der Waals surface area contributed by atoms with Gasteiger partial charge in [0.1, 0.15) is 11.6 Å². The largest absolute Gasteiger partial charge is 0.381 e. The minimum atomic E-state index is -1.82. The second-order valence-corrected chi connectivity index (χ2v) is 18.8. The van der Waals surface area contributed by atoms with Gasteiger partial charge in [-0.3, -0.25) is 28.9 Å². The lowest BCUT2D eigenvalue weighted by Crippen LogP contribution is -2.56. The van der Waals surface area contributed by atoms with Gasteiger partial charge in [0.05, 0.1) is 37.1 Å². The maximum atomic E-state index is 14.3. The Morgan fingerprint density at radius 1 is 0.738 bits per heavy atom. The first-order chi connectivity index (χ1) is 28.8. The molecule has 0 aromatic heterocycles. The van der Waals surface area contributed by atoms with Gasteiger partial charge in [-0.25, -0.2) is 0 Å². The Labute approximate surface area is 374 Å². The topological polar surface area (TPSA) is 166 Å². The maximum absolute atomic E-state index is 14.3. The van der Waals surface area contributed by atoms with Gasteiger partial charge >= 0.3 is 0 Å². The fraction of sp³-hybridized carbons (Fsp3) is 0.638. The number of aliphatic hydroxyl groups is 1. The van der Waals surface area contributed by atoms with E-state index in [1.165, 1.54) is 6.92 Å². The molecule has 2 aromatic rings. The van der Waals surface area contributed by atoms with Gasteiger partial charge in [0.15, 0.2) is 5.78 Å². The zero-order chi connectivity index (χ0) is 45.3. The molecule has 9 unspecified atom stereocenters. The highest BCUT2D eigenvalue weighted by molar-refractivity contribution is 7.80. The van der Waals surface area contributed by atoms with Gasteiger partial charge in [0.25, 0.3) is 0 Å². The van der Waals surface area contributed by atoms with Crippen molar-refractivity contribution < 1.29 is 33.8 Å². The molecule has 12 nitrogen and oxygen atoms in total. The smallest absolute Gasteiger partial charge is 0.242 e. The number of Topliss-reactive ketones (excluding diaryl/α,β-unsaturated/α-hetero) is 1. The number of carbonyl (C=O) groups excluding carboxylic acids is 5. The molecule has 9 atom stereocenters. The molecule has 61 heavy (non-hydrogen) atoms. The lowest BCUT2D eigenvalue weighted by molar-refractivity contribution is -0.140. The third-order valence-corrected chi connectivity index (χ3v) is 12.7. The van der Waals surface area contributed by atoms with Crippen LogP contribution in [0.3, 0.4) is 0 Å². The van der Waals surface area contributed by atoms with Crippen LogP contribution in [-0.2, 0) is 41.6 Å². The first-order valence-corrected chi connectivity index (χ1v) is 23.0. The minimum absolute atomic E-state index is 0.0433. The zero-order valence-corrected chi connectivity index (χ0v) is 39.1. The number of thiol groups is 1. The van der Waals surface area contributed by atoms with Crippen LogP contribution in [0.5, 0.6) is 0 Å². The molecule has 0 bridgehead atoms. The number of alkyl halides is 1. The molecule has 1 fully saturated rings. The number of hydrogen-bond acceptors (Lipinski definition) is 9. The Morgan fingerprint density at radius 2 is 1.25 bits per heavy atom. The quantitative estimate of drug-likeness (QED) is 0.0451. The number of hydrogen-bond donors (Lipinski definition) is 6. The molecule has 0 saturated carbocycles. The summed E-state index contributed by atoms with van der Waals surface area (Å²) in [6.07, 6.45) is 2.36. The van der Waals surface area contributed by atoms with Gasteiger partial charge in [-0.15, -0.1) is 11.6 Å². The molecular weight excluding hydrogens is 814 g/mol. The van der Waals surface area contributed by atoms with E-state index in [0.717, 1.165) is 11.1 Å². The van der Waals surface area contributed by atoms with Crippen molar-refractivity contribution in [3.05, 3.63) is 71.8 Å². The molecule has 340 valence electrons. The van der Waals surface area contributed by atoms with Gasteiger partial charge in [0, 0.05) is 31.0 Å². The molecule has 0 spiro atoms. The third kappa shape index (κ3) is 17.3. The van der Waals surface area contributed by atoms with Crippen LogP contribution in [0.25, 0.3) is 0 Å². The first kappa shape index (κ1) is 51.9. The van der Waals surface area contributed by atoms with E-state index in [2.05, 4.69) is 21.3 Å². The Morgan fingerprint density at radius 3 is 1.79 bits per heavy atom. The summed E-state index contributed by atoms with van der Waals surface area (Å²) < 4.78 is 5.43. The van der Waals surface area contributed by atoms with E-state index >= 15 is 0 Å². The minimum Gasteiger partial charge on any atom is -0.381 e. The van der Waals surface area contributed by atoms with Gasteiger partial charge in [-0.05, 0) is 80.8 Å². The van der Waals surface area contributed by atoms with E-state index in [0.29, 0.717) is 58.4 Å². The summed E-state index contributed by atoms with van der Waals surface area (Å²) in [4.78, 5) is 71.1. The highest BCUT2D eigenvalue weighted by atomic mass is 35.5. The number of ether oxygens (including phenoxy) is 1. The highest BCUT2D eigenvalue weighted by Crippen LogP contribution is 2.27. The number of benzene rings is 2. The van der Waals surface area contributed by atoms with Crippen LogP contribution in [-0.4, -0.2) is 107 Å². The molecule has 0 aliphatic carbocycles. The molecule has 4 amide bonds. The fourth-order valence-corrected chi connectivity index (χ4v) is 8.57. The van der Waals surface area contributed by atoms with Crippen molar-refractivity contribution in [3.8, 4) is 0 Å². The summed E-state index contributed by atoms with van der Waals surface area (Å²) in [6, 6.07) is 17.2. The molecule has 0 radical (unpaired) electrons. The van der Waals surface area contributed by atoms with Crippen LogP contribution < -0.4 is 21.3 Å². The Bertz CT molecular complexity index is 1680. The number of morpholine rings is 1. The number of rotatable bonds is 25. The van der Waals surface area contributed by atoms with Crippen LogP contribution >= 0.6 is 24.2 Å². The van der Waals surface area contributed by atoms with Crippen molar-refractivity contribution >= 4 is 53.6 Å². The molecule has 1 aliphatic heterocycles. The fourth-order valence-electron chi connectivity index (χ4n) is 7.89. The van der Waals surface area contributed by atoms with Crippen molar-refractivity contribution in [2.24, 2.45) is 35.5 Å². The second-order valence-electron chi connectivity index (χ2n) is 18.0. The van der Waals surface area contributed by atoms with Crippen molar-refractivity contribution in [1.82, 2.24) is 26.2 Å². The SMILES string of the molecule is CC(C)CC(NC(=O)C(C)C(CCc1ccccc1)C(S)NC(=O)CN1CCOCC1)C(=O)NC(C)C(Cc1ccccc1)C(C)C(=O)NC(CC(C)C)C(=O)C(C)(O)CCl. The molecule has 1 saturated heterocycles. The van der Waals surface area contributed by atoms with Crippen molar-refractivity contribution in [1.29, 1.82) is 0 Å². The van der Waals surface area contributed by atoms with Crippen LogP contribution in [0.15, 0.2) is 60.7 Å². The first-order valence-electron chi connectivity index (χ1n) is 21.9. The highest BCUT2D eigenvalue weighted by Gasteiger charge is 2.39. The van der Waals surface area contributed by atoms with Crippen molar-refractivity contribution in [2.45, 2.75) is 117 Å². The van der Waals surface area contributed by atoms with Gasteiger partial charge in [-0.2, -0.15) is 12.6 Å². The van der Waals surface area contributed by atoms with E-state index in [-0.39, 0.29) is 53.8 Å². The molecule has 1 aliphatic rings. The van der Waals surface area contributed by atoms with Crippen molar-refractivity contribution in [3.63, 3.8) is 0 Å². The van der Waals surface area contributed by atoms with Crippen LogP contribution in [0.1, 0.15) is 85.8 Å². The monoisotopic (exact) mass is 885 g/mol. The van der Waals surface area contributed by atoms with Crippen molar-refractivity contribution in [2.75, 3.05) is 38.7 Å². The van der Waals surface area contributed by atoms with Crippen LogP contribution in [0, 0.1) is 35.5 Å². The van der Waals surface area contributed by atoms with Crippen LogP contribution in [0.2, 0.25) is 0 Å². The normalized spacial score (nSPS) is 18.4. The molecular formula is C47H72ClN5O7S. The predicted molar refractivity (Wildman–Crippen MR) is 245 cm³/mol. The van der Waals surface area contributed by atoms with Gasteiger partial charge < -0.3 is 31.1 Å². The number of nitrogens with one attached hydrogen (secondary N) is 4. The van der Waals surface area contributed by atoms with E-state index < -0.39 is 52.6 Å². The summed E-state index contributed by atoms with van der Waals surface area (Å²) in [5.74, 6) is -4.11. The lowest BCUT2D eigenvalue weighted by atomic mass is 9.81. The average molecular weight is 887 g/mol. The zero-order valence-electron chi connectivity index (χ0n) is 37.5. The van der Waals surface area contributed by atoms with E-state index in [9.17, 15) is 29.1 Å². The number of amides is 4. The molecule has 2 aromatic carbocycles. The lowest BCUT2D eigenvalue weighted by Gasteiger charge is -2.34. The summed E-state index contributed by atoms with van der Waals surface area (Å²) >= 11 is 10.8. The number of aryl methyl sites for hydroxylation is 1. The third-order valence-electron chi connectivity index (χ3n) is 11.7. The Hall–Kier alpha value is -3.49. The van der Waals surface area contributed by atoms with E-state index in [4.69, 9.17) is 29.0 Å². The number of nitrogens with zero attached hydrogens (tertiary/aromatic N) is 1. The van der Waals surface area contributed by atoms with E-state index in [1.54, 1.807) is 6.92 Å². The standard InChI is InChI=1S/C47H72ClN5O7S/c1-30(2)25-39(42(55)47(8,59)29-48)50-44(57)33(6)38(27-36-17-13-10-14-18-36)34(7)49-45(58)40(26-31(3)4)51-43(56)32(5)37(20-19-35-15-11-9-12-16-35)46(61)52-41(54)28-53-21-23-60-24-22-53/h9-18,30-34,37-40,46,59,61H,19-29H2,1-8H3,(H,49,58)(H,50,57)(H,51,56)(H,52,54). The number of halogens is 1. The van der Waals surface area contributed by atoms with Gasteiger partial charge in [0.2, 0.25) is 23.6 Å². The molecule has 3 rings (SSSR count). The maximum Gasteiger partial charge on any atom is 0.242 e. The summed E-state index contributed by atoms with van der Waals surface area (Å²) in [5, 5.41) is 22.2. The summed E-state index contributed by atoms with van der Waals surface area (Å²) in [5.41, 5.74) is 0.250. The average Bonchev–Trinajstić information content (AvgIpc) is 3.22.